The Labute approximate surface area is 168 Å². The Morgan fingerprint density at radius 3 is 2.15 bits per heavy atom. The van der Waals surface area contributed by atoms with Crippen LogP contribution in [0.3, 0.4) is 0 Å². The van der Waals surface area contributed by atoms with Gasteiger partial charge < -0.3 is 9.90 Å². The van der Waals surface area contributed by atoms with Gasteiger partial charge in [0, 0.05) is 23.8 Å². The molecule has 0 radical (unpaired) electrons. The number of alkyl halides is 3. The van der Waals surface area contributed by atoms with Crippen LogP contribution in [0.5, 0.6) is 0 Å². The van der Waals surface area contributed by atoms with Crippen molar-refractivity contribution in [3.8, 4) is 0 Å². The summed E-state index contributed by atoms with van der Waals surface area (Å²) in [5.74, 6) is -1.71. The summed E-state index contributed by atoms with van der Waals surface area (Å²) >= 11 is 14.2. The Bertz CT molecular complexity index is 870. The van der Waals surface area contributed by atoms with Gasteiger partial charge in [0.25, 0.3) is 11.4 Å². The summed E-state index contributed by atoms with van der Waals surface area (Å²) < 4.78 is -0.425. The standard InChI is InChI=1S/C13H12N3O4.C2HCl3O2/c1-14-7-3-2-4-11(14)8-10-5-6-12(15(17)18)9-13(10)16(19)20;3-2(4,5)1(6)7/h2-7,9H,8H2,1H3;(H,6,7)/q+1;/p-1. The molecule has 0 fully saturated rings. The lowest BCUT2D eigenvalue weighted by Gasteiger charge is -2.09. The van der Waals surface area contributed by atoms with E-state index in [1.165, 1.54) is 12.1 Å². The quantitative estimate of drug-likeness (QED) is 0.312. The molecule has 2 aromatic rings. The zero-order valence-electron chi connectivity index (χ0n) is 13.7. The molecule has 0 unspecified atom stereocenters. The molecule has 144 valence electrons. The summed E-state index contributed by atoms with van der Waals surface area (Å²) in [6, 6.07) is 9.26. The maximum absolute atomic E-state index is 11.0. The van der Waals surface area contributed by atoms with Gasteiger partial charge in [0.05, 0.1) is 28.3 Å². The number of hydrogen-bond acceptors (Lipinski definition) is 6. The molecule has 1 heterocycles. The van der Waals surface area contributed by atoms with Crippen LogP contribution in [0.25, 0.3) is 0 Å². The molecular weight excluding hydrogens is 425 g/mol. The summed E-state index contributed by atoms with van der Waals surface area (Å²) in [6.45, 7) is 0. The van der Waals surface area contributed by atoms with Crippen molar-refractivity contribution < 1.29 is 24.3 Å². The van der Waals surface area contributed by atoms with Crippen molar-refractivity contribution in [2.24, 2.45) is 7.05 Å². The summed E-state index contributed by atoms with van der Waals surface area (Å²) in [4.78, 5) is 30.0. The molecule has 0 saturated heterocycles. The van der Waals surface area contributed by atoms with Crippen LogP contribution in [0, 0.1) is 20.2 Å². The predicted molar refractivity (Wildman–Crippen MR) is 95.5 cm³/mol. The number of aromatic nitrogens is 1. The average molecular weight is 437 g/mol. The van der Waals surface area contributed by atoms with Gasteiger partial charge in [-0.1, -0.05) is 40.9 Å². The zero-order chi connectivity index (χ0) is 20.8. The third kappa shape index (κ3) is 6.97. The molecular formula is C15H12Cl3N3O6. The summed E-state index contributed by atoms with van der Waals surface area (Å²) in [5.41, 5.74) is 0.813. The van der Waals surface area contributed by atoms with E-state index in [1.54, 1.807) is 0 Å². The molecule has 12 heteroatoms. The largest absolute Gasteiger partial charge is 0.545 e. The second-order valence-corrected chi connectivity index (χ2v) is 7.37. The van der Waals surface area contributed by atoms with Gasteiger partial charge in [-0.2, -0.15) is 0 Å². The average Bonchev–Trinajstić information content (AvgIpc) is 2.56. The Hall–Kier alpha value is -2.49. The second-order valence-electron chi connectivity index (χ2n) is 5.09. The van der Waals surface area contributed by atoms with Gasteiger partial charge in [0.1, 0.15) is 7.05 Å². The summed E-state index contributed by atoms with van der Waals surface area (Å²) in [6.07, 6.45) is 2.18. The van der Waals surface area contributed by atoms with Crippen molar-refractivity contribution in [1.82, 2.24) is 0 Å². The topological polar surface area (TPSA) is 130 Å². The number of nitrogens with zero attached hydrogens (tertiary/aromatic N) is 3. The van der Waals surface area contributed by atoms with E-state index in [1.807, 2.05) is 36.0 Å². The van der Waals surface area contributed by atoms with Crippen molar-refractivity contribution in [2.45, 2.75) is 10.2 Å². The molecule has 9 nitrogen and oxygen atoms in total. The van der Waals surface area contributed by atoms with Crippen molar-refractivity contribution in [2.75, 3.05) is 0 Å². The highest BCUT2D eigenvalue weighted by Crippen LogP contribution is 2.26. The minimum atomic E-state index is -2.28. The molecule has 0 N–H and O–H groups in total. The second kappa shape index (κ2) is 9.45. The van der Waals surface area contributed by atoms with E-state index in [9.17, 15) is 30.1 Å². The van der Waals surface area contributed by atoms with Gasteiger partial charge in [-0.15, -0.1) is 0 Å². The number of aliphatic carboxylic acids is 1. The molecule has 0 saturated carbocycles. The number of benzene rings is 1. The van der Waals surface area contributed by atoms with Gasteiger partial charge in [0.2, 0.25) is 3.79 Å². The molecule has 0 amide bonds. The summed E-state index contributed by atoms with van der Waals surface area (Å²) in [7, 11) is 1.84. The number of non-ortho nitro benzene ring substituents is 1. The fourth-order valence-electron chi connectivity index (χ4n) is 1.92. The molecule has 0 aliphatic heterocycles. The number of carbonyl (C=O) groups is 1. The zero-order valence-corrected chi connectivity index (χ0v) is 15.9. The monoisotopic (exact) mass is 435 g/mol. The van der Waals surface area contributed by atoms with E-state index in [0.717, 1.165) is 11.8 Å². The smallest absolute Gasteiger partial charge is 0.280 e. The summed E-state index contributed by atoms with van der Waals surface area (Å²) in [5, 5.41) is 31.2. The highest BCUT2D eigenvalue weighted by Gasteiger charge is 2.21. The molecule has 27 heavy (non-hydrogen) atoms. The fourth-order valence-corrected chi connectivity index (χ4v) is 1.92. The van der Waals surface area contributed by atoms with Crippen LogP contribution in [0.1, 0.15) is 11.3 Å². The molecule has 0 spiro atoms. The first-order valence-corrected chi connectivity index (χ1v) is 8.20. The van der Waals surface area contributed by atoms with Crippen LogP contribution in [-0.4, -0.2) is 19.6 Å². The number of hydrogen-bond donors (Lipinski definition) is 0. The molecule has 1 aromatic carbocycles. The van der Waals surface area contributed by atoms with Crippen LogP contribution < -0.4 is 9.67 Å². The van der Waals surface area contributed by atoms with Crippen LogP contribution in [0.15, 0.2) is 42.6 Å². The SMILES string of the molecule is C[n+]1ccccc1Cc1ccc([N+](=O)[O-])cc1[N+](=O)[O-].O=C([O-])C(Cl)(Cl)Cl. The van der Waals surface area contributed by atoms with Gasteiger partial charge in [-0.3, -0.25) is 20.2 Å². The van der Waals surface area contributed by atoms with Gasteiger partial charge in [-0.25, -0.2) is 4.57 Å². The Morgan fingerprint density at radius 2 is 1.70 bits per heavy atom. The minimum Gasteiger partial charge on any atom is -0.545 e. The number of carboxylic acids is 1. The van der Waals surface area contributed by atoms with E-state index in [4.69, 9.17) is 34.8 Å². The highest BCUT2D eigenvalue weighted by molar-refractivity contribution is 6.75. The number of pyridine rings is 1. The molecule has 0 bridgehead atoms. The predicted octanol–water partition coefficient (Wildman–Crippen LogP) is 2.02. The van der Waals surface area contributed by atoms with E-state index < -0.39 is 19.6 Å². The molecule has 0 aliphatic rings. The first kappa shape index (κ1) is 22.6. The minimum absolute atomic E-state index is 0.233. The lowest BCUT2D eigenvalue weighted by atomic mass is 10.1. The number of carbonyl (C=O) groups excluding carboxylic acids is 1. The first-order chi connectivity index (χ1) is 12.4. The Kier molecular flexibility index (Phi) is 7.89. The number of carboxylic acid groups (broad SMARTS) is 1. The number of rotatable bonds is 4. The van der Waals surface area contributed by atoms with Crippen molar-refractivity contribution >= 4 is 52.1 Å². The third-order valence-corrected chi connectivity index (χ3v) is 3.70. The lowest BCUT2D eigenvalue weighted by molar-refractivity contribution is -0.678. The highest BCUT2D eigenvalue weighted by atomic mass is 35.6. The van der Waals surface area contributed by atoms with Crippen molar-refractivity contribution in [3.63, 3.8) is 0 Å². The number of halogens is 3. The number of nitro benzene ring substituents is 2. The lowest BCUT2D eigenvalue weighted by Crippen LogP contribution is -2.35. The normalized spacial score (nSPS) is 10.5. The molecule has 0 aliphatic carbocycles. The van der Waals surface area contributed by atoms with Crippen LogP contribution in [0.2, 0.25) is 0 Å². The molecule has 1 aromatic heterocycles. The maximum Gasteiger partial charge on any atom is 0.280 e. The van der Waals surface area contributed by atoms with Crippen LogP contribution >= 0.6 is 34.8 Å². The number of nitro groups is 2. The Morgan fingerprint density at radius 1 is 1.11 bits per heavy atom. The fraction of sp³-hybridized carbons (Fsp3) is 0.200. The van der Waals surface area contributed by atoms with E-state index in [2.05, 4.69) is 0 Å². The van der Waals surface area contributed by atoms with Crippen LogP contribution in [-0.2, 0) is 18.3 Å². The molecule has 2 rings (SSSR count). The number of aryl methyl sites for hydroxylation is 1. The first-order valence-electron chi connectivity index (χ1n) is 7.07. The van der Waals surface area contributed by atoms with E-state index in [-0.39, 0.29) is 11.4 Å². The molecule has 0 atom stereocenters. The Balaban J connectivity index is 0.000000445. The third-order valence-electron chi connectivity index (χ3n) is 3.24. The van der Waals surface area contributed by atoms with Crippen LogP contribution in [0.4, 0.5) is 11.4 Å². The van der Waals surface area contributed by atoms with Gasteiger partial charge in [-0.05, 0) is 6.07 Å². The van der Waals surface area contributed by atoms with E-state index >= 15 is 0 Å². The van der Waals surface area contributed by atoms with Crippen molar-refractivity contribution in [1.29, 1.82) is 0 Å². The van der Waals surface area contributed by atoms with Gasteiger partial charge in [0.15, 0.2) is 11.9 Å². The van der Waals surface area contributed by atoms with Crippen molar-refractivity contribution in [3.05, 3.63) is 74.1 Å². The maximum atomic E-state index is 11.0. The van der Waals surface area contributed by atoms with Gasteiger partial charge >= 0.3 is 0 Å². The van der Waals surface area contributed by atoms with E-state index in [0.29, 0.717) is 12.0 Å².